The summed E-state index contributed by atoms with van der Waals surface area (Å²) in [6, 6.07) is 1.76. The highest BCUT2D eigenvalue weighted by molar-refractivity contribution is 5.95. The van der Waals surface area contributed by atoms with Gasteiger partial charge in [-0.2, -0.15) is 0 Å². The fourth-order valence-corrected chi connectivity index (χ4v) is 3.92. The Morgan fingerprint density at radius 3 is 2.17 bits per heavy atom. The molecule has 0 aliphatic heterocycles. The smallest absolute Gasteiger partial charge is 0.326 e. The molecule has 2 aromatic rings. The molecular formula is C25H36N8O8. The lowest BCUT2D eigenvalue weighted by molar-refractivity contribution is -0.143. The van der Waals surface area contributed by atoms with Crippen molar-refractivity contribution in [2.24, 2.45) is 22.2 Å². The van der Waals surface area contributed by atoms with Gasteiger partial charge in [-0.25, -0.2) is 4.79 Å². The van der Waals surface area contributed by atoms with Crippen LogP contribution in [0.1, 0.15) is 31.2 Å². The number of aliphatic hydroxyl groups is 1. The van der Waals surface area contributed by atoms with Gasteiger partial charge in [-0.1, -0.05) is 18.2 Å². The standard InChI is InChI=1S/C25H36N8O8/c26-15(5-3-9-29-25(27)28)21(37)33-19(12-34)23(39)32-18(10-13-11-30-16-6-2-1-4-14(13)16)22(38)31-17(24(40)41)7-8-20(35)36/h1-2,4,6,11,15,17-19,30,34H,3,5,7-10,12,26H2,(H,31,38)(H,32,39)(H,33,37)(H,35,36)(H,40,41)(H4,27,28,29). The molecule has 4 unspecified atom stereocenters. The van der Waals surface area contributed by atoms with Gasteiger partial charge in [0.2, 0.25) is 17.7 Å². The highest BCUT2D eigenvalue weighted by Crippen LogP contribution is 2.19. The molecule has 0 saturated heterocycles. The fraction of sp³-hybridized carbons (Fsp3) is 0.440. The predicted octanol–water partition coefficient (Wildman–Crippen LogP) is -2.51. The molecule has 0 radical (unpaired) electrons. The summed E-state index contributed by atoms with van der Waals surface area (Å²) in [4.78, 5) is 68.1. The Balaban J connectivity index is 2.18. The van der Waals surface area contributed by atoms with Gasteiger partial charge in [-0.3, -0.25) is 24.2 Å². The number of para-hydroxylation sites is 1. The van der Waals surface area contributed by atoms with Crippen molar-refractivity contribution >= 4 is 46.5 Å². The molecule has 41 heavy (non-hydrogen) atoms. The Labute approximate surface area is 234 Å². The average molecular weight is 577 g/mol. The fourth-order valence-electron chi connectivity index (χ4n) is 3.92. The third kappa shape index (κ3) is 10.4. The number of rotatable bonds is 17. The van der Waals surface area contributed by atoms with E-state index in [1.807, 2.05) is 0 Å². The Bertz CT molecular complexity index is 1260. The Kier molecular flexibility index (Phi) is 12.5. The maximum absolute atomic E-state index is 13.2. The number of carboxylic acid groups (broad SMARTS) is 2. The molecule has 0 saturated carbocycles. The summed E-state index contributed by atoms with van der Waals surface area (Å²) in [5.41, 5.74) is 17.7. The first-order valence-corrected chi connectivity index (χ1v) is 12.8. The van der Waals surface area contributed by atoms with E-state index in [1.165, 1.54) is 0 Å². The van der Waals surface area contributed by atoms with E-state index in [1.54, 1.807) is 30.5 Å². The second-order valence-corrected chi connectivity index (χ2v) is 9.26. The minimum atomic E-state index is -1.54. The zero-order valence-electron chi connectivity index (χ0n) is 22.2. The van der Waals surface area contributed by atoms with Gasteiger partial charge in [0, 0.05) is 36.5 Å². The highest BCUT2D eigenvalue weighted by Gasteiger charge is 2.31. The molecule has 1 aromatic carbocycles. The molecule has 4 atom stereocenters. The first kappa shape index (κ1) is 32.5. The number of carbonyl (C=O) groups is 5. The number of guanidine groups is 1. The number of aliphatic carboxylic acids is 2. The van der Waals surface area contributed by atoms with Crippen LogP contribution in [-0.4, -0.2) is 93.2 Å². The molecule has 2 rings (SSSR count). The van der Waals surface area contributed by atoms with Gasteiger partial charge in [0.25, 0.3) is 0 Å². The minimum Gasteiger partial charge on any atom is -0.481 e. The number of H-pyrrole nitrogens is 1. The molecule has 16 nitrogen and oxygen atoms in total. The second kappa shape index (κ2) is 15.8. The summed E-state index contributed by atoms with van der Waals surface area (Å²) in [6.07, 6.45) is 1.19. The molecule has 0 spiro atoms. The van der Waals surface area contributed by atoms with Crippen LogP contribution in [0.5, 0.6) is 0 Å². The number of benzene rings is 1. The number of carboxylic acids is 2. The molecule has 0 aliphatic carbocycles. The van der Waals surface area contributed by atoms with Crippen LogP contribution in [0.4, 0.5) is 0 Å². The summed E-state index contributed by atoms with van der Waals surface area (Å²) < 4.78 is 0. The Morgan fingerprint density at radius 2 is 1.54 bits per heavy atom. The number of nitrogens with one attached hydrogen (secondary N) is 4. The summed E-state index contributed by atoms with van der Waals surface area (Å²) in [6.45, 7) is -0.586. The normalized spacial score (nSPS) is 13.8. The maximum atomic E-state index is 13.2. The van der Waals surface area contributed by atoms with E-state index in [9.17, 15) is 34.2 Å². The molecule has 1 aromatic heterocycles. The number of nitrogens with two attached hydrogens (primary N) is 3. The molecule has 16 heteroatoms. The second-order valence-electron chi connectivity index (χ2n) is 9.26. The summed E-state index contributed by atoms with van der Waals surface area (Å²) in [7, 11) is 0. The van der Waals surface area contributed by atoms with E-state index in [2.05, 4.69) is 25.9 Å². The topological polar surface area (TPSA) is 288 Å². The first-order valence-electron chi connectivity index (χ1n) is 12.8. The summed E-state index contributed by atoms with van der Waals surface area (Å²) in [5, 5.41) is 36.0. The van der Waals surface area contributed by atoms with Gasteiger partial charge in [-0.15, -0.1) is 0 Å². The summed E-state index contributed by atoms with van der Waals surface area (Å²) >= 11 is 0. The van der Waals surface area contributed by atoms with Crippen LogP contribution in [-0.2, 0) is 30.4 Å². The molecule has 3 amide bonds. The Morgan fingerprint density at radius 1 is 0.902 bits per heavy atom. The molecule has 13 N–H and O–H groups in total. The number of carbonyl (C=O) groups excluding carboxylic acids is 3. The number of aromatic amines is 1. The SMILES string of the molecule is NC(N)=NCCCC(N)C(=O)NC(CO)C(=O)NC(Cc1c[nH]c2ccccc12)C(=O)NC(CCC(=O)O)C(=O)O. The van der Waals surface area contributed by atoms with Gasteiger partial charge in [0.1, 0.15) is 18.1 Å². The third-order valence-electron chi connectivity index (χ3n) is 6.11. The van der Waals surface area contributed by atoms with E-state index in [-0.39, 0.29) is 31.8 Å². The van der Waals surface area contributed by atoms with E-state index >= 15 is 0 Å². The monoisotopic (exact) mass is 576 g/mol. The number of fused-ring (bicyclic) bond motifs is 1. The van der Waals surface area contributed by atoms with Gasteiger partial charge in [0.15, 0.2) is 5.96 Å². The van der Waals surface area contributed by atoms with Crippen molar-refractivity contribution in [3.8, 4) is 0 Å². The van der Waals surface area contributed by atoms with Crippen LogP contribution in [0.3, 0.4) is 0 Å². The lowest BCUT2D eigenvalue weighted by Crippen LogP contribution is -2.58. The van der Waals surface area contributed by atoms with Crippen molar-refractivity contribution in [1.82, 2.24) is 20.9 Å². The van der Waals surface area contributed by atoms with Crippen molar-refractivity contribution in [1.29, 1.82) is 0 Å². The number of nitrogens with zero attached hydrogens (tertiary/aromatic N) is 1. The number of aliphatic imine (C=N–C) groups is 1. The highest BCUT2D eigenvalue weighted by atomic mass is 16.4. The van der Waals surface area contributed by atoms with Crippen molar-refractivity contribution in [3.05, 3.63) is 36.0 Å². The number of aromatic nitrogens is 1. The molecule has 0 fully saturated rings. The Hall–Kier alpha value is -4.70. The van der Waals surface area contributed by atoms with Crippen LogP contribution in [0.15, 0.2) is 35.5 Å². The maximum Gasteiger partial charge on any atom is 0.326 e. The zero-order chi connectivity index (χ0) is 30.5. The average Bonchev–Trinajstić information content (AvgIpc) is 3.33. The van der Waals surface area contributed by atoms with Crippen molar-refractivity contribution in [2.45, 2.75) is 56.3 Å². The van der Waals surface area contributed by atoms with E-state index in [0.717, 1.165) is 10.9 Å². The summed E-state index contributed by atoms with van der Waals surface area (Å²) in [5.74, 6) is -5.37. The van der Waals surface area contributed by atoms with Gasteiger partial charge < -0.3 is 53.5 Å². The van der Waals surface area contributed by atoms with Crippen molar-refractivity contribution < 1.29 is 39.3 Å². The van der Waals surface area contributed by atoms with E-state index < -0.39 is 66.9 Å². The van der Waals surface area contributed by atoms with Crippen molar-refractivity contribution in [3.63, 3.8) is 0 Å². The van der Waals surface area contributed by atoms with Gasteiger partial charge >= 0.3 is 11.9 Å². The quantitative estimate of drug-likeness (QED) is 0.0533. The molecule has 0 bridgehead atoms. The van der Waals surface area contributed by atoms with Crippen LogP contribution < -0.4 is 33.2 Å². The van der Waals surface area contributed by atoms with Crippen LogP contribution >= 0.6 is 0 Å². The molecule has 1 heterocycles. The lowest BCUT2D eigenvalue weighted by atomic mass is 10.0. The largest absolute Gasteiger partial charge is 0.481 e. The zero-order valence-corrected chi connectivity index (χ0v) is 22.2. The number of hydrogen-bond donors (Lipinski definition) is 10. The van der Waals surface area contributed by atoms with Gasteiger partial charge in [-0.05, 0) is 30.9 Å². The minimum absolute atomic E-state index is 0.0940. The number of hydrogen-bond acceptors (Lipinski definition) is 8. The number of aliphatic hydroxyl groups excluding tert-OH is 1. The van der Waals surface area contributed by atoms with Crippen molar-refractivity contribution in [2.75, 3.05) is 13.2 Å². The van der Waals surface area contributed by atoms with Crippen LogP contribution in [0.2, 0.25) is 0 Å². The molecule has 0 aliphatic rings. The van der Waals surface area contributed by atoms with E-state index in [0.29, 0.717) is 12.0 Å². The lowest BCUT2D eigenvalue weighted by Gasteiger charge is -2.24. The van der Waals surface area contributed by atoms with Gasteiger partial charge in [0.05, 0.1) is 12.6 Å². The van der Waals surface area contributed by atoms with E-state index in [4.69, 9.17) is 22.3 Å². The van der Waals surface area contributed by atoms with Crippen LogP contribution in [0.25, 0.3) is 10.9 Å². The molecular weight excluding hydrogens is 540 g/mol. The number of amides is 3. The first-order chi connectivity index (χ1) is 19.4. The molecule has 224 valence electrons. The van der Waals surface area contributed by atoms with Crippen LogP contribution in [0, 0.1) is 0 Å². The predicted molar refractivity (Wildman–Crippen MR) is 147 cm³/mol. The third-order valence-corrected chi connectivity index (χ3v) is 6.11.